The molecule has 0 atom stereocenters. The molecule has 0 saturated heterocycles. The summed E-state index contributed by atoms with van der Waals surface area (Å²) in [6, 6.07) is 4.30. The van der Waals surface area contributed by atoms with Gasteiger partial charge in [-0.05, 0) is 38.1 Å². The van der Waals surface area contributed by atoms with Crippen LogP contribution in [0.5, 0.6) is 0 Å². The molecule has 0 aliphatic heterocycles. The molecule has 1 aromatic rings. The maximum absolute atomic E-state index is 12.3. The molecule has 0 radical (unpaired) electrons. The van der Waals surface area contributed by atoms with Crippen LogP contribution in [0.2, 0.25) is 0 Å². The van der Waals surface area contributed by atoms with Crippen LogP contribution in [0.15, 0.2) is 24.3 Å². The van der Waals surface area contributed by atoms with E-state index in [-0.39, 0.29) is 5.91 Å². The Morgan fingerprint density at radius 2 is 1.65 bits per heavy atom. The summed E-state index contributed by atoms with van der Waals surface area (Å²) >= 11 is 3.16. The van der Waals surface area contributed by atoms with Gasteiger partial charge in [-0.3, -0.25) is 4.79 Å². The first-order chi connectivity index (χ1) is 7.60. The molecule has 0 aliphatic rings. The van der Waals surface area contributed by atoms with Gasteiger partial charge < -0.3 is 5.32 Å². The van der Waals surface area contributed by atoms with E-state index in [1.165, 1.54) is 12.1 Å². The number of amides is 1. The van der Waals surface area contributed by atoms with Crippen molar-refractivity contribution < 1.29 is 18.0 Å². The Morgan fingerprint density at radius 3 is 2.00 bits per heavy atom. The van der Waals surface area contributed by atoms with Crippen molar-refractivity contribution in [3.63, 3.8) is 0 Å². The number of benzene rings is 1. The predicted octanol–water partition coefficient (Wildman–Crippen LogP) is 3.82. The number of anilines is 1. The zero-order valence-electron chi connectivity index (χ0n) is 9.23. The molecule has 0 unspecified atom stereocenters. The minimum atomic E-state index is -4.36. The quantitative estimate of drug-likeness (QED) is 0.827. The maximum atomic E-state index is 12.3. The molecule has 1 rings (SSSR count). The third-order valence-corrected chi connectivity index (χ3v) is 2.37. The van der Waals surface area contributed by atoms with E-state index in [2.05, 4.69) is 21.2 Å². The topological polar surface area (TPSA) is 29.1 Å². The van der Waals surface area contributed by atoms with Gasteiger partial charge in [0.25, 0.3) is 0 Å². The largest absolute Gasteiger partial charge is 0.416 e. The molecule has 2 nitrogen and oxygen atoms in total. The highest BCUT2D eigenvalue weighted by Crippen LogP contribution is 2.30. The summed E-state index contributed by atoms with van der Waals surface area (Å²) in [7, 11) is 0. The van der Waals surface area contributed by atoms with Gasteiger partial charge in [0.05, 0.1) is 9.89 Å². The molecule has 17 heavy (non-hydrogen) atoms. The zero-order valence-corrected chi connectivity index (χ0v) is 10.8. The highest BCUT2D eigenvalue weighted by atomic mass is 79.9. The lowest BCUT2D eigenvalue weighted by molar-refractivity contribution is -0.137. The number of halogens is 4. The standard InChI is InChI=1S/C11H11BrF3NO/c1-10(2,12)9(17)16-8-5-3-7(4-6-8)11(13,14)15/h3-6H,1-2H3,(H,16,17). The molecule has 1 N–H and O–H groups in total. The van der Waals surface area contributed by atoms with Gasteiger partial charge in [0.1, 0.15) is 0 Å². The van der Waals surface area contributed by atoms with Gasteiger partial charge >= 0.3 is 6.18 Å². The Hall–Kier alpha value is -1.04. The van der Waals surface area contributed by atoms with E-state index in [4.69, 9.17) is 0 Å². The van der Waals surface area contributed by atoms with Gasteiger partial charge in [0.2, 0.25) is 5.91 Å². The van der Waals surface area contributed by atoms with Crippen molar-refractivity contribution in [1.29, 1.82) is 0 Å². The first-order valence-corrected chi connectivity index (χ1v) is 5.57. The van der Waals surface area contributed by atoms with Gasteiger partial charge in [-0.1, -0.05) is 15.9 Å². The van der Waals surface area contributed by atoms with Gasteiger partial charge in [-0.15, -0.1) is 0 Å². The third kappa shape index (κ3) is 4.03. The maximum Gasteiger partial charge on any atom is 0.416 e. The Kier molecular flexibility index (Phi) is 3.86. The van der Waals surface area contributed by atoms with Crippen LogP contribution in [-0.2, 0) is 11.0 Å². The molecule has 6 heteroatoms. The lowest BCUT2D eigenvalue weighted by atomic mass is 10.1. The molecule has 1 aromatic carbocycles. The Labute approximate surface area is 105 Å². The van der Waals surface area contributed by atoms with Crippen molar-refractivity contribution in [2.45, 2.75) is 24.3 Å². The average Bonchev–Trinajstić information content (AvgIpc) is 2.15. The lowest BCUT2D eigenvalue weighted by Gasteiger charge is -2.16. The van der Waals surface area contributed by atoms with E-state index >= 15 is 0 Å². The van der Waals surface area contributed by atoms with Crippen molar-refractivity contribution in [2.75, 3.05) is 5.32 Å². The van der Waals surface area contributed by atoms with E-state index < -0.39 is 16.1 Å². The number of rotatable bonds is 2. The van der Waals surface area contributed by atoms with Crippen LogP contribution in [0, 0.1) is 0 Å². The zero-order chi connectivity index (χ0) is 13.3. The minimum absolute atomic E-state index is 0.322. The van der Waals surface area contributed by atoms with E-state index in [9.17, 15) is 18.0 Å². The number of alkyl halides is 4. The van der Waals surface area contributed by atoms with Crippen LogP contribution in [0.3, 0.4) is 0 Å². The van der Waals surface area contributed by atoms with Crippen molar-refractivity contribution >= 4 is 27.5 Å². The predicted molar refractivity (Wildman–Crippen MR) is 63.1 cm³/mol. The number of hydrogen-bond donors (Lipinski definition) is 1. The van der Waals surface area contributed by atoms with Crippen LogP contribution in [0.1, 0.15) is 19.4 Å². The summed E-state index contributed by atoms with van der Waals surface area (Å²) in [6.07, 6.45) is -4.36. The fraction of sp³-hybridized carbons (Fsp3) is 0.364. The van der Waals surface area contributed by atoms with Crippen molar-refractivity contribution in [3.05, 3.63) is 29.8 Å². The highest BCUT2D eigenvalue weighted by molar-refractivity contribution is 9.10. The van der Waals surface area contributed by atoms with Crippen molar-refractivity contribution in [3.8, 4) is 0 Å². The first kappa shape index (κ1) is 14.0. The SMILES string of the molecule is CC(C)(Br)C(=O)Nc1ccc(C(F)(F)F)cc1. The molecule has 0 fully saturated rings. The number of carbonyl (C=O) groups excluding carboxylic acids is 1. The summed E-state index contributed by atoms with van der Waals surface area (Å²) in [6.45, 7) is 3.29. The van der Waals surface area contributed by atoms with Gasteiger partial charge in [0, 0.05) is 5.69 Å². The summed E-state index contributed by atoms with van der Waals surface area (Å²) < 4.78 is 36.1. The van der Waals surface area contributed by atoms with Gasteiger partial charge in [0.15, 0.2) is 0 Å². The van der Waals surface area contributed by atoms with Crippen LogP contribution in [0.25, 0.3) is 0 Å². The van der Waals surface area contributed by atoms with Gasteiger partial charge in [-0.25, -0.2) is 0 Å². The molecule has 0 saturated carbocycles. The molecule has 0 heterocycles. The molecule has 94 valence electrons. The van der Waals surface area contributed by atoms with Crippen molar-refractivity contribution in [1.82, 2.24) is 0 Å². The molecule has 0 spiro atoms. The van der Waals surface area contributed by atoms with Crippen molar-refractivity contribution in [2.24, 2.45) is 0 Å². The summed E-state index contributed by atoms with van der Waals surface area (Å²) in [5, 5.41) is 2.51. The number of nitrogens with one attached hydrogen (secondary N) is 1. The second kappa shape index (κ2) is 4.68. The van der Waals surface area contributed by atoms with Crippen LogP contribution in [0.4, 0.5) is 18.9 Å². The monoisotopic (exact) mass is 309 g/mol. The van der Waals surface area contributed by atoms with Crippen LogP contribution < -0.4 is 5.32 Å². The first-order valence-electron chi connectivity index (χ1n) is 4.78. The second-order valence-corrected chi connectivity index (χ2v) is 5.98. The van der Waals surface area contributed by atoms with Gasteiger partial charge in [-0.2, -0.15) is 13.2 Å². The average molecular weight is 310 g/mol. The Balaban J connectivity index is 2.80. The molecule has 0 aromatic heterocycles. The summed E-state index contributed by atoms with van der Waals surface area (Å²) in [5.41, 5.74) is -0.413. The number of carbonyl (C=O) groups is 1. The Bertz CT molecular complexity index is 406. The highest BCUT2D eigenvalue weighted by Gasteiger charge is 2.30. The van der Waals surface area contributed by atoms with E-state index in [0.717, 1.165) is 12.1 Å². The normalized spacial score (nSPS) is 12.4. The lowest BCUT2D eigenvalue weighted by Crippen LogP contribution is -2.30. The van der Waals surface area contributed by atoms with E-state index in [0.29, 0.717) is 5.69 Å². The summed E-state index contributed by atoms with van der Waals surface area (Å²) in [4.78, 5) is 11.5. The summed E-state index contributed by atoms with van der Waals surface area (Å²) in [5.74, 6) is -0.322. The van der Waals surface area contributed by atoms with E-state index in [1.807, 2.05) is 0 Å². The van der Waals surface area contributed by atoms with Crippen LogP contribution in [-0.4, -0.2) is 10.2 Å². The third-order valence-electron chi connectivity index (χ3n) is 2.01. The molecule has 1 amide bonds. The minimum Gasteiger partial charge on any atom is -0.325 e. The van der Waals surface area contributed by atoms with Crippen LogP contribution >= 0.6 is 15.9 Å². The fourth-order valence-corrected chi connectivity index (χ4v) is 1.12. The molecule has 0 bridgehead atoms. The molecular weight excluding hydrogens is 299 g/mol. The Morgan fingerprint density at radius 1 is 1.18 bits per heavy atom. The second-order valence-electron chi connectivity index (χ2n) is 4.00. The molecular formula is C11H11BrF3NO. The van der Waals surface area contributed by atoms with E-state index in [1.54, 1.807) is 13.8 Å². The fourth-order valence-electron chi connectivity index (χ4n) is 1.02. The molecule has 0 aliphatic carbocycles. The smallest absolute Gasteiger partial charge is 0.325 e. The number of hydrogen-bond acceptors (Lipinski definition) is 1.